The van der Waals surface area contributed by atoms with E-state index in [-0.39, 0.29) is 24.0 Å². The predicted molar refractivity (Wildman–Crippen MR) is 247 cm³/mol. The van der Waals surface area contributed by atoms with Gasteiger partial charge in [0, 0.05) is 36.5 Å². The minimum Gasteiger partial charge on any atom is -0.462 e. The van der Waals surface area contributed by atoms with E-state index in [4.69, 9.17) is 28.4 Å². The van der Waals surface area contributed by atoms with Crippen molar-refractivity contribution in [1.29, 1.82) is 0 Å². The Hall–Kier alpha value is -2.49. The second-order valence-corrected chi connectivity index (χ2v) is 17.0. The molecule has 0 bridgehead atoms. The van der Waals surface area contributed by atoms with E-state index in [1.807, 2.05) is 0 Å². The third-order valence-electron chi connectivity index (χ3n) is 10.6. The fourth-order valence-electron chi connectivity index (χ4n) is 6.75. The van der Waals surface area contributed by atoms with E-state index in [0.29, 0.717) is 49.8 Å². The molecule has 0 spiro atoms. The molecule has 0 radical (unpaired) electrons. The molecule has 0 amide bonds. The summed E-state index contributed by atoms with van der Waals surface area (Å²) in [7, 11) is 0. The summed E-state index contributed by atoms with van der Waals surface area (Å²) in [6, 6.07) is 0. The zero-order chi connectivity index (χ0) is 44.2. The van der Waals surface area contributed by atoms with Crippen molar-refractivity contribution in [3.8, 4) is 0 Å². The first-order chi connectivity index (χ1) is 29.1. The molecular formula is C51H92O9. The van der Waals surface area contributed by atoms with Crippen molar-refractivity contribution in [1.82, 2.24) is 0 Å². The van der Waals surface area contributed by atoms with Crippen molar-refractivity contribution in [3.63, 3.8) is 0 Å². The molecule has 0 aromatic carbocycles. The lowest BCUT2D eigenvalue weighted by Crippen LogP contribution is -2.26. The molecule has 0 rings (SSSR count). The fraction of sp³-hybridized carbons (Fsp3) is 0.824. The maximum atomic E-state index is 11.4. The van der Waals surface area contributed by atoms with Crippen LogP contribution in [0.25, 0.3) is 0 Å². The lowest BCUT2D eigenvalue weighted by Gasteiger charge is -2.18. The molecule has 0 aliphatic heterocycles. The van der Waals surface area contributed by atoms with E-state index in [0.717, 1.165) is 77.6 Å². The first-order valence-corrected chi connectivity index (χ1v) is 24.4. The molecule has 0 atom stereocenters. The van der Waals surface area contributed by atoms with Crippen LogP contribution in [-0.2, 0) is 42.8 Å². The highest BCUT2D eigenvalue weighted by molar-refractivity contribution is 5.87. The summed E-state index contributed by atoms with van der Waals surface area (Å²) in [4.78, 5) is 34.3. The molecule has 0 heterocycles. The maximum Gasteiger partial charge on any atom is 0.333 e. The highest BCUT2D eigenvalue weighted by atomic mass is 16.6. The Balaban J connectivity index is 4.06. The van der Waals surface area contributed by atoms with Gasteiger partial charge in [0.1, 0.15) is 6.10 Å². The van der Waals surface area contributed by atoms with Gasteiger partial charge < -0.3 is 28.4 Å². The summed E-state index contributed by atoms with van der Waals surface area (Å²) in [5.74, 6) is -0.846. The van der Waals surface area contributed by atoms with E-state index < -0.39 is 0 Å². The Bertz CT molecular complexity index is 1010. The topological polar surface area (TPSA) is 107 Å². The quantitative estimate of drug-likeness (QED) is 0.0256. The van der Waals surface area contributed by atoms with Crippen LogP contribution >= 0.6 is 0 Å². The van der Waals surface area contributed by atoms with Gasteiger partial charge in [-0.25, -0.2) is 14.4 Å². The van der Waals surface area contributed by atoms with E-state index >= 15 is 0 Å². The minimum absolute atomic E-state index is 0.00868. The summed E-state index contributed by atoms with van der Waals surface area (Å²) < 4.78 is 34.0. The molecular weight excluding hydrogens is 757 g/mol. The minimum atomic E-state index is -0.282. The molecule has 9 heteroatoms. The Kier molecular flexibility index (Phi) is 42.7. The van der Waals surface area contributed by atoms with Crippen molar-refractivity contribution in [2.75, 3.05) is 52.9 Å². The van der Waals surface area contributed by atoms with Crippen molar-refractivity contribution in [2.45, 2.75) is 219 Å². The van der Waals surface area contributed by atoms with Gasteiger partial charge in [-0.3, -0.25) is 0 Å². The molecule has 60 heavy (non-hydrogen) atoms. The SMILES string of the molecule is C=C(C)C(=O)OCCCCCCCCCCCCOCC(COCCCCCCCCCCCCOC(=O)C(=C)C)OCCCCCCCCCCCCOC(=O)C(=C)C. The van der Waals surface area contributed by atoms with Crippen LogP contribution in [0.2, 0.25) is 0 Å². The van der Waals surface area contributed by atoms with Gasteiger partial charge in [-0.2, -0.15) is 0 Å². The van der Waals surface area contributed by atoms with Crippen LogP contribution in [-0.4, -0.2) is 76.9 Å². The normalized spacial score (nSPS) is 11.2. The number of ether oxygens (including phenoxy) is 6. The first-order valence-electron chi connectivity index (χ1n) is 24.4. The zero-order valence-corrected chi connectivity index (χ0v) is 39.2. The Morgan fingerprint density at radius 2 is 0.517 bits per heavy atom. The third-order valence-corrected chi connectivity index (χ3v) is 10.6. The lowest BCUT2D eigenvalue weighted by atomic mass is 10.1. The Morgan fingerprint density at radius 3 is 0.750 bits per heavy atom. The van der Waals surface area contributed by atoms with Gasteiger partial charge in [-0.15, -0.1) is 0 Å². The molecule has 0 unspecified atom stereocenters. The van der Waals surface area contributed by atoms with E-state index in [9.17, 15) is 14.4 Å². The zero-order valence-electron chi connectivity index (χ0n) is 39.2. The molecule has 0 aromatic rings. The number of carbonyl (C=O) groups is 3. The molecule has 0 aliphatic rings. The monoisotopic (exact) mass is 849 g/mol. The molecule has 0 aromatic heterocycles. The highest BCUT2D eigenvalue weighted by Gasteiger charge is 2.11. The second-order valence-electron chi connectivity index (χ2n) is 17.0. The summed E-state index contributed by atoms with van der Waals surface area (Å²) in [6.07, 6.45) is 35.7. The predicted octanol–water partition coefficient (Wildman–Crippen LogP) is 13.5. The smallest absolute Gasteiger partial charge is 0.333 e. The summed E-state index contributed by atoms with van der Waals surface area (Å²) >= 11 is 0. The van der Waals surface area contributed by atoms with Crippen LogP contribution < -0.4 is 0 Å². The summed E-state index contributed by atoms with van der Waals surface area (Å²) in [5, 5.41) is 0. The van der Waals surface area contributed by atoms with Crippen LogP contribution in [0.5, 0.6) is 0 Å². The molecule has 0 saturated carbocycles. The summed E-state index contributed by atoms with van der Waals surface area (Å²) in [5.41, 5.74) is 1.40. The maximum absolute atomic E-state index is 11.4. The van der Waals surface area contributed by atoms with E-state index in [1.54, 1.807) is 20.8 Å². The highest BCUT2D eigenvalue weighted by Crippen LogP contribution is 2.14. The molecule has 0 N–H and O–H groups in total. The van der Waals surface area contributed by atoms with Crippen molar-refractivity contribution in [3.05, 3.63) is 36.5 Å². The number of hydrogen-bond donors (Lipinski definition) is 0. The molecule has 0 fully saturated rings. The van der Waals surface area contributed by atoms with Gasteiger partial charge in [0.05, 0.1) is 33.0 Å². The molecule has 0 saturated heterocycles. The number of unbranched alkanes of at least 4 members (excludes halogenated alkanes) is 27. The van der Waals surface area contributed by atoms with Crippen LogP contribution in [0.15, 0.2) is 36.5 Å². The Labute approximate surface area is 368 Å². The van der Waals surface area contributed by atoms with Crippen LogP contribution in [0.1, 0.15) is 213 Å². The standard InChI is InChI=1S/C51H92O9/c1-45(2)49(52)58-40-34-28-22-16-9-7-13-19-25-31-37-55-43-48(57-39-33-27-21-15-11-12-18-24-30-36-42-60-51(54)47(5)6)44-56-38-32-26-20-14-8-10-17-23-29-35-41-59-50(53)46(3)4/h48H,1,3,5,7-44H2,2,4,6H3. The number of carbonyl (C=O) groups excluding carboxylic acids is 3. The van der Waals surface area contributed by atoms with Gasteiger partial charge in [0.25, 0.3) is 0 Å². The first kappa shape index (κ1) is 57.5. The van der Waals surface area contributed by atoms with Crippen LogP contribution in [0, 0.1) is 0 Å². The van der Waals surface area contributed by atoms with E-state index in [1.165, 1.54) is 135 Å². The van der Waals surface area contributed by atoms with Gasteiger partial charge in [-0.05, 0) is 59.3 Å². The fourth-order valence-corrected chi connectivity index (χ4v) is 6.75. The van der Waals surface area contributed by atoms with Gasteiger partial charge >= 0.3 is 17.9 Å². The average Bonchev–Trinajstić information content (AvgIpc) is 3.22. The van der Waals surface area contributed by atoms with Crippen LogP contribution in [0.3, 0.4) is 0 Å². The number of esters is 3. The Morgan fingerprint density at radius 1 is 0.317 bits per heavy atom. The van der Waals surface area contributed by atoms with Crippen molar-refractivity contribution in [2.24, 2.45) is 0 Å². The number of hydrogen-bond acceptors (Lipinski definition) is 9. The van der Waals surface area contributed by atoms with Crippen molar-refractivity contribution >= 4 is 17.9 Å². The van der Waals surface area contributed by atoms with Gasteiger partial charge in [0.15, 0.2) is 0 Å². The van der Waals surface area contributed by atoms with Gasteiger partial charge in [-0.1, -0.05) is 174 Å². The van der Waals surface area contributed by atoms with Crippen LogP contribution in [0.4, 0.5) is 0 Å². The third kappa shape index (κ3) is 42.2. The van der Waals surface area contributed by atoms with Crippen molar-refractivity contribution < 1.29 is 42.8 Å². The van der Waals surface area contributed by atoms with E-state index in [2.05, 4.69) is 19.7 Å². The largest absolute Gasteiger partial charge is 0.462 e. The number of rotatable bonds is 47. The van der Waals surface area contributed by atoms with Gasteiger partial charge in [0.2, 0.25) is 0 Å². The average molecular weight is 849 g/mol. The second kappa shape index (κ2) is 44.6. The molecule has 9 nitrogen and oxygen atoms in total. The molecule has 350 valence electrons. The molecule has 0 aliphatic carbocycles. The summed E-state index contributed by atoms with van der Waals surface area (Å²) in [6.45, 7) is 20.9. The lowest BCUT2D eigenvalue weighted by molar-refractivity contribution is -0.139.